The molecule has 0 aromatic heterocycles. The van der Waals surface area contributed by atoms with Crippen molar-refractivity contribution in [2.45, 2.75) is 43.7 Å². The standard InChI is InChI=1S/C17H26N2O4S.ClH/c1-12(2)24(21,22)11-13-4-3-5-15(10-13)19-17(20)16(18)14-6-8-23-9-7-14;/h3-5,10,12,14,16H,6-9,11,18H2,1-2H3,(H,19,20);1H. The van der Waals surface area contributed by atoms with E-state index in [1.54, 1.807) is 38.1 Å². The van der Waals surface area contributed by atoms with Crippen molar-refractivity contribution in [3.05, 3.63) is 29.8 Å². The molecule has 1 atom stereocenters. The van der Waals surface area contributed by atoms with Gasteiger partial charge in [-0.1, -0.05) is 12.1 Å². The van der Waals surface area contributed by atoms with E-state index in [0.29, 0.717) is 24.5 Å². The number of ether oxygens (including phenoxy) is 1. The van der Waals surface area contributed by atoms with E-state index in [1.807, 2.05) is 0 Å². The Balaban J connectivity index is 0.00000312. The van der Waals surface area contributed by atoms with Gasteiger partial charge in [0.25, 0.3) is 0 Å². The fraction of sp³-hybridized carbons (Fsp3) is 0.588. The van der Waals surface area contributed by atoms with Crippen LogP contribution in [0.5, 0.6) is 0 Å². The molecule has 0 radical (unpaired) electrons. The number of hydrogen-bond acceptors (Lipinski definition) is 5. The molecule has 0 bridgehead atoms. The minimum absolute atomic E-state index is 0. The molecule has 6 nitrogen and oxygen atoms in total. The molecule has 1 aromatic rings. The first-order valence-electron chi connectivity index (χ1n) is 8.24. The van der Waals surface area contributed by atoms with Crippen LogP contribution >= 0.6 is 12.4 Å². The van der Waals surface area contributed by atoms with Gasteiger partial charge in [-0.3, -0.25) is 4.79 Å². The van der Waals surface area contributed by atoms with Crippen molar-refractivity contribution in [2.75, 3.05) is 18.5 Å². The summed E-state index contributed by atoms with van der Waals surface area (Å²) in [4.78, 5) is 12.3. The average Bonchev–Trinajstić information content (AvgIpc) is 2.54. The Morgan fingerprint density at radius 2 is 1.96 bits per heavy atom. The van der Waals surface area contributed by atoms with Crippen LogP contribution in [0.3, 0.4) is 0 Å². The summed E-state index contributed by atoms with van der Waals surface area (Å²) in [5.41, 5.74) is 7.28. The summed E-state index contributed by atoms with van der Waals surface area (Å²) in [5, 5.41) is 2.36. The largest absolute Gasteiger partial charge is 0.381 e. The van der Waals surface area contributed by atoms with E-state index in [1.165, 1.54) is 0 Å². The van der Waals surface area contributed by atoms with Crippen molar-refractivity contribution in [1.82, 2.24) is 0 Å². The summed E-state index contributed by atoms with van der Waals surface area (Å²) >= 11 is 0. The van der Waals surface area contributed by atoms with Gasteiger partial charge in [0.15, 0.2) is 9.84 Å². The summed E-state index contributed by atoms with van der Waals surface area (Å²) in [7, 11) is -3.18. The Bertz CT molecular complexity index is 673. The summed E-state index contributed by atoms with van der Waals surface area (Å²) in [6.45, 7) is 4.59. The molecule has 1 saturated heterocycles. The number of hydrogen-bond donors (Lipinski definition) is 2. The lowest BCUT2D eigenvalue weighted by atomic mass is 9.92. The highest BCUT2D eigenvalue weighted by atomic mass is 35.5. The van der Waals surface area contributed by atoms with Gasteiger partial charge in [-0.2, -0.15) is 0 Å². The summed E-state index contributed by atoms with van der Waals surface area (Å²) in [6, 6.07) is 6.32. The monoisotopic (exact) mass is 390 g/mol. The predicted molar refractivity (Wildman–Crippen MR) is 102 cm³/mol. The van der Waals surface area contributed by atoms with Crippen LogP contribution < -0.4 is 11.1 Å². The molecule has 2 rings (SSSR count). The third kappa shape index (κ3) is 6.26. The maximum atomic E-state index is 12.3. The molecule has 3 N–H and O–H groups in total. The summed E-state index contributed by atoms with van der Waals surface area (Å²) in [6.07, 6.45) is 1.56. The fourth-order valence-electron chi connectivity index (χ4n) is 2.65. The first-order valence-corrected chi connectivity index (χ1v) is 9.96. The normalized spacial score (nSPS) is 17.0. The molecule has 0 spiro atoms. The molecule has 1 amide bonds. The van der Waals surface area contributed by atoms with Crippen molar-refractivity contribution in [3.8, 4) is 0 Å². The van der Waals surface area contributed by atoms with Crippen molar-refractivity contribution in [1.29, 1.82) is 0 Å². The number of halogens is 1. The number of rotatable bonds is 6. The van der Waals surface area contributed by atoms with Gasteiger partial charge in [-0.15, -0.1) is 12.4 Å². The zero-order chi connectivity index (χ0) is 17.7. The van der Waals surface area contributed by atoms with E-state index in [0.717, 1.165) is 12.8 Å². The van der Waals surface area contributed by atoms with Gasteiger partial charge in [-0.25, -0.2) is 8.42 Å². The number of nitrogens with one attached hydrogen (secondary N) is 1. The van der Waals surface area contributed by atoms with E-state index in [4.69, 9.17) is 10.5 Å². The smallest absolute Gasteiger partial charge is 0.241 e. The number of sulfone groups is 1. The first-order chi connectivity index (χ1) is 11.3. The molecule has 142 valence electrons. The molecule has 1 unspecified atom stereocenters. The molecule has 1 aliphatic rings. The second kappa shape index (κ2) is 9.52. The first kappa shape index (κ1) is 21.9. The number of carbonyl (C=O) groups excluding carboxylic acids is 1. The number of anilines is 1. The Kier molecular flexibility index (Phi) is 8.34. The van der Waals surface area contributed by atoms with Gasteiger partial charge in [0.2, 0.25) is 5.91 Å². The molecular formula is C17H27ClN2O4S. The molecule has 8 heteroatoms. The van der Waals surface area contributed by atoms with Gasteiger partial charge >= 0.3 is 0 Å². The molecule has 0 aliphatic carbocycles. The highest BCUT2D eigenvalue weighted by molar-refractivity contribution is 7.91. The van der Waals surface area contributed by atoms with Gasteiger partial charge in [0, 0.05) is 18.9 Å². The maximum Gasteiger partial charge on any atom is 0.241 e. The quantitative estimate of drug-likeness (QED) is 0.775. The van der Waals surface area contributed by atoms with Crippen molar-refractivity contribution >= 4 is 33.8 Å². The van der Waals surface area contributed by atoms with E-state index in [-0.39, 0.29) is 30.0 Å². The Morgan fingerprint density at radius 1 is 1.32 bits per heavy atom. The van der Waals surface area contributed by atoms with Crippen LogP contribution in [0.15, 0.2) is 24.3 Å². The average molecular weight is 391 g/mol. The maximum absolute atomic E-state index is 12.3. The summed E-state index contributed by atoms with van der Waals surface area (Å²) < 4.78 is 29.3. The second-order valence-corrected chi connectivity index (χ2v) is 9.08. The SMILES string of the molecule is CC(C)S(=O)(=O)Cc1cccc(NC(=O)C(N)C2CCOCC2)c1.Cl. The lowest BCUT2D eigenvalue weighted by molar-refractivity contribution is -0.119. The van der Waals surface area contributed by atoms with Gasteiger partial charge in [-0.05, 0) is 50.3 Å². The van der Waals surface area contributed by atoms with Gasteiger partial charge < -0.3 is 15.8 Å². The molecule has 1 heterocycles. The summed E-state index contributed by atoms with van der Waals surface area (Å²) in [5.74, 6) is -0.172. The van der Waals surface area contributed by atoms with Crippen molar-refractivity contribution in [2.24, 2.45) is 11.7 Å². The number of benzene rings is 1. The van der Waals surface area contributed by atoms with Gasteiger partial charge in [0.05, 0.1) is 17.0 Å². The topological polar surface area (TPSA) is 98.5 Å². The molecule has 1 fully saturated rings. The van der Waals surface area contributed by atoms with E-state index in [2.05, 4.69) is 5.32 Å². The lowest BCUT2D eigenvalue weighted by Crippen LogP contribution is -2.44. The molecule has 0 saturated carbocycles. The Morgan fingerprint density at radius 3 is 2.56 bits per heavy atom. The lowest BCUT2D eigenvalue weighted by Gasteiger charge is -2.26. The van der Waals surface area contributed by atoms with E-state index < -0.39 is 21.1 Å². The highest BCUT2D eigenvalue weighted by Gasteiger charge is 2.26. The predicted octanol–water partition coefficient (Wildman–Crippen LogP) is 2.12. The third-order valence-corrected chi connectivity index (χ3v) is 6.53. The van der Waals surface area contributed by atoms with E-state index >= 15 is 0 Å². The minimum atomic E-state index is -3.18. The zero-order valence-electron chi connectivity index (χ0n) is 14.6. The molecule has 1 aliphatic heterocycles. The Hall–Kier alpha value is -1.15. The number of amides is 1. The molecular weight excluding hydrogens is 364 g/mol. The van der Waals surface area contributed by atoms with Crippen molar-refractivity contribution in [3.63, 3.8) is 0 Å². The third-order valence-electron chi connectivity index (χ3n) is 4.36. The van der Waals surface area contributed by atoms with Crippen LogP contribution in [0.1, 0.15) is 32.3 Å². The number of nitrogens with two attached hydrogens (primary N) is 1. The van der Waals surface area contributed by atoms with Crippen LogP contribution in [0.2, 0.25) is 0 Å². The van der Waals surface area contributed by atoms with E-state index in [9.17, 15) is 13.2 Å². The van der Waals surface area contributed by atoms with Gasteiger partial charge in [0.1, 0.15) is 0 Å². The zero-order valence-corrected chi connectivity index (χ0v) is 16.2. The number of carbonyl (C=O) groups is 1. The minimum Gasteiger partial charge on any atom is -0.381 e. The highest BCUT2D eigenvalue weighted by Crippen LogP contribution is 2.20. The van der Waals surface area contributed by atoms with Crippen LogP contribution in [0, 0.1) is 5.92 Å². The second-order valence-electron chi connectivity index (χ2n) is 6.52. The van der Waals surface area contributed by atoms with Crippen LogP contribution in [-0.4, -0.2) is 38.8 Å². The van der Waals surface area contributed by atoms with Crippen LogP contribution in [0.25, 0.3) is 0 Å². The fourth-order valence-corrected chi connectivity index (χ4v) is 3.63. The van der Waals surface area contributed by atoms with Crippen molar-refractivity contribution < 1.29 is 17.9 Å². The Labute approximate surface area is 155 Å². The van der Waals surface area contributed by atoms with Crippen LogP contribution in [0.4, 0.5) is 5.69 Å². The van der Waals surface area contributed by atoms with Crippen LogP contribution in [-0.2, 0) is 25.1 Å². The molecule has 1 aromatic carbocycles. The molecule has 25 heavy (non-hydrogen) atoms.